The number of hydrogen-bond acceptors (Lipinski definition) is 2. The van der Waals surface area contributed by atoms with Crippen LogP contribution in [0.5, 0.6) is 0 Å². The predicted octanol–water partition coefficient (Wildman–Crippen LogP) is 3.92. The van der Waals surface area contributed by atoms with E-state index in [2.05, 4.69) is 24.3 Å². The van der Waals surface area contributed by atoms with Gasteiger partial charge in [-0.2, -0.15) is 0 Å². The Morgan fingerprint density at radius 1 is 0.864 bits per heavy atom. The molecular formula is C18H27NO2S. The van der Waals surface area contributed by atoms with Crippen LogP contribution >= 0.6 is 0 Å². The normalized spacial score (nSPS) is 25.7. The van der Waals surface area contributed by atoms with Crippen LogP contribution in [-0.4, -0.2) is 31.1 Å². The largest absolute Gasteiger partial charge is 0.216 e. The third kappa shape index (κ3) is 3.54. The van der Waals surface area contributed by atoms with E-state index in [0.717, 1.165) is 44.9 Å². The molecule has 2 fully saturated rings. The summed E-state index contributed by atoms with van der Waals surface area (Å²) in [4.78, 5) is 0. The van der Waals surface area contributed by atoms with Crippen molar-refractivity contribution in [2.75, 3.05) is 13.1 Å². The van der Waals surface area contributed by atoms with Gasteiger partial charge >= 0.3 is 0 Å². The molecule has 3 nitrogen and oxygen atoms in total. The minimum Gasteiger partial charge on any atom is -0.212 e. The Kier molecular flexibility index (Phi) is 5.19. The maximum atomic E-state index is 13.0. The van der Waals surface area contributed by atoms with E-state index in [4.69, 9.17) is 0 Å². The number of rotatable bonds is 3. The van der Waals surface area contributed by atoms with E-state index >= 15 is 0 Å². The summed E-state index contributed by atoms with van der Waals surface area (Å²) >= 11 is 0. The molecule has 0 radical (unpaired) electrons. The monoisotopic (exact) mass is 321 g/mol. The first kappa shape index (κ1) is 16.0. The summed E-state index contributed by atoms with van der Waals surface area (Å²) in [5, 5.41) is -0.129. The van der Waals surface area contributed by atoms with Crippen LogP contribution in [0.2, 0.25) is 0 Å². The number of nitrogens with zero attached hydrogens (tertiary/aromatic N) is 1. The van der Waals surface area contributed by atoms with E-state index in [0.29, 0.717) is 19.0 Å². The van der Waals surface area contributed by atoms with Crippen molar-refractivity contribution in [1.29, 1.82) is 0 Å². The van der Waals surface area contributed by atoms with Gasteiger partial charge in [0.25, 0.3) is 0 Å². The summed E-state index contributed by atoms with van der Waals surface area (Å²) in [5.74, 6) is 0.349. The molecule has 3 rings (SSSR count). The molecule has 1 atom stereocenters. The summed E-state index contributed by atoms with van der Waals surface area (Å²) in [6, 6.07) is 10.4. The molecular weight excluding hydrogens is 294 g/mol. The molecule has 0 N–H and O–H groups in total. The lowest BCUT2D eigenvalue weighted by Gasteiger charge is -2.30. The van der Waals surface area contributed by atoms with Crippen molar-refractivity contribution in [1.82, 2.24) is 4.31 Å². The highest BCUT2D eigenvalue weighted by atomic mass is 32.2. The van der Waals surface area contributed by atoms with Gasteiger partial charge in [0.2, 0.25) is 10.0 Å². The van der Waals surface area contributed by atoms with Crippen molar-refractivity contribution >= 4 is 10.0 Å². The first-order valence-electron chi connectivity index (χ1n) is 8.72. The second kappa shape index (κ2) is 7.14. The molecule has 0 amide bonds. The smallest absolute Gasteiger partial charge is 0.212 e. The van der Waals surface area contributed by atoms with Crippen molar-refractivity contribution in [3.63, 3.8) is 0 Å². The van der Waals surface area contributed by atoms with Crippen LogP contribution in [-0.2, 0) is 10.0 Å². The Morgan fingerprint density at radius 2 is 1.55 bits per heavy atom. The molecule has 0 spiro atoms. The Balaban J connectivity index is 1.77. The second-order valence-corrected chi connectivity index (χ2v) is 8.98. The molecule has 4 heteroatoms. The molecule has 1 aromatic rings. The van der Waals surface area contributed by atoms with Gasteiger partial charge in [-0.05, 0) is 37.2 Å². The van der Waals surface area contributed by atoms with E-state index in [1.165, 1.54) is 12.0 Å². The Morgan fingerprint density at radius 3 is 2.27 bits per heavy atom. The number of sulfonamides is 1. The van der Waals surface area contributed by atoms with Crippen molar-refractivity contribution in [3.8, 4) is 0 Å². The third-order valence-electron chi connectivity index (χ3n) is 5.24. The fourth-order valence-corrected chi connectivity index (χ4v) is 6.03. The molecule has 0 aromatic heterocycles. The zero-order chi connectivity index (χ0) is 15.4. The summed E-state index contributed by atoms with van der Waals surface area (Å²) in [6.45, 7) is 1.38. The van der Waals surface area contributed by atoms with Crippen LogP contribution in [0.3, 0.4) is 0 Å². The van der Waals surface area contributed by atoms with Gasteiger partial charge in [-0.15, -0.1) is 0 Å². The van der Waals surface area contributed by atoms with Crippen LogP contribution < -0.4 is 0 Å². The first-order chi connectivity index (χ1) is 10.7. The van der Waals surface area contributed by atoms with Gasteiger partial charge in [0.15, 0.2) is 0 Å². The molecule has 0 bridgehead atoms. The van der Waals surface area contributed by atoms with Crippen molar-refractivity contribution in [3.05, 3.63) is 35.9 Å². The average Bonchev–Trinajstić information content (AvgIpc) is 2.83. The molecule has 2 aliphatic rings. The molecule has 1 aliphatic heterocycles. The van der Waals surface area contributed by atoms with Gasteiger partial charge in [-0.25, -0.2) is 12.7 Å². The average molecular weight is 321 g/mol. The minimum absolute atomic E-state index is 0.129. The molecule has 1 heterocycles. The van der Waals surface area contributed by atoms with Crippen molar-refractivity contribution in [2.45, 2.75) is 62.5 Å². The maximum Gasteiger partial charge on any atom is 0.216 e. The lowest BCUT2D eigenvalue weighted by atomic mass is 9.95. The maximum absolute atomic E-state index is 13.0. The highest BCUT2D eigenvalue weighted by molar-refractivity contribution is 7.89. The van der Waals surface area contributed by atoms with E-state index in [1.807, 2.05) is 10.4 Å². The van der Waals surface area contributed by atoms with Crippen LogP contribution in [0.4, 0.5) is 0 Å². The van der Waals surface area contributed by atoms with Crippen LogP contribution in [0.15, 0.2) is 30.3 Å². The van der Waals surface area contributed by atoms with Crippen LogP contribution in [0, 0.1) is 0 Å². The number of benzene rings is 1. The molecule has 1 saturated carbocycles. The zero-order valence-corrected chi connectivity index (χ0v) is 14.1. The first-order valence-corrected chi connectivity index (χ1v) is 10.2. The predicted molar refractivity (Wildman–Crippen MR) is 90.4 cm³/mol. The third-order valence-corrected chi connectivity index (χ3v) is 7.60. The topological polar surface area (TPSA) is 37.4 Å². The Bertz CT molecular complexity index is 564. The molecule has 22 heavy (non-hydrogen) atoms. The minimum atomic E-state index is -3.12. The summed E-state index contributed by atoms with van der Waals surface area (Å²) in [6.07, 6.45) is 8.26. The SMILES string of the molecule is O=S(=O)(C1CCCCC1)N1CCCC[C@@H](c2ccccc2)C1. The van der Waals surface area contributed by atoms with E-state index in [-0.39, 0.29) is 5.25 Å². The van der Waals surface area contributed by atoms with Crippen molar-refractivity contribution in [2.24, 2.45) is 0 Å². The molecule has 1 aliphatic carbocycles. The summed E-state index contributed by atoms with van der Waals surface area (Å²) < 4.78 is 27.8. The van der Waals surface area contributed by atoms with Crippen LogP contribution in [0.25, 0.3) is 0 Å². The standard InChI is InChI=1S/C18H27NO2S/c20-22(21,18-12-5-2-6-13-18)19-14-8-7-11-17(15-19)16-9-3-1-4-10-16/h1,3-4,9-10,17-18H,2,5-8,11-15H2/t17-/m1/s1. The van der Waals surface area contributed by atoms with Gasteiger partial charge in [0, 0.05) is 13.1 Å². The van der Waals surface area contributed by atoms with Gasteiger partial charge < -0.3 is 0 Å². The molecule has 122 valence electrons. The molecule has 0 unspecified atom stereocenters. The van der Waals surface area contributed by atoms with E-state index in [1.54, 1.807) is 0 Å². The molecule has 1 saturated heterocycles. The fraction of sp³-hybridized carbons (Fsp3) is 0.667. The molecule has 1 aromatic carbocycles. The van der Waals surface area contributed by atoms with Crippen LogP contribution in [0.1, 0.15) is 62.8 Å². The lowest BCUT2D eigenvalue weighted by Crippen LogP contribution is -2.41. The second-order valence-electron chi connectivity index (χ2n) is 6.77. The summed E-state index contributed by atoms with van der Waals surface area (Å²) in [5.41, 5.74) is 1.29. The van der Waals surface area contributed by atoms with E-state index < -0.39 is 10.0 Å². The quantitative estimate of drug-likeness (QED) is 0.846. The fourth-order valence-electron chi connectivity index (χ4n) is 3.91. The highest BCUT2D eigenvalue weighted by Crippen LogP contribution is 2.31. The lowest BCUT2D eigenvalue weighted by molar-refractivity contribution is 0.383. The summed E-state index contributed by atoms with van der Waals surface area (Å²) in [7, 11) is -3.12. The van der Waals surface area contributed by atoms with Gasteiger partial charge in [0.1, 0.15) is 0 Å². The van der Waals surface area contributed by atoms with Gasteiger partial charge in [0.05, 0.1) is 5.25 Å². The van der Waals surface area contributed by atoms with Crippen molar-refractivity contribution < 1.29 is 8.42 Å². The van der Waals surface area contributed by atoms with E-state index in [9.17, 15) is 8.42 Å². The van der Waals surface area contributed by atoms with Gasteiger partial charge in [-0.3, -0.25) is 0 Å². The highest BCUT2D eigenvalue weighted by Gasteiger charge is 2.35. The number of hydrogen-bond donors (Lipinski definition) is 0. The van der Waals surface area contributed by atoms with Gasteiger partial charge in [-0.1, -0.05) is 56.0 Å². The zero-order valence-electron chi connectivity index (χ0n) is 13.3. The Labute approximate surface area is 134 Å². The Hall–Kier alpha value is -0.870.